The van der Waals surface area contributed by atoms with E-state index in [1.54, 1.807) is 52.8 Å². The van der Waals surface area contributed by atoms with Crippen LogP contribution in [0.2, 0.25) is 0 Å². The van der Waals surface area contributed by atoms with Crippen LogP contribution in [-0.2, 0) is 16.6 Å². The normalized spacial score (nSPS) is 14.8. The monoisotopic (exact) mass is 505 g/mol. The number of hydrogen-bond donors (Lipinski definition) is 1. The maximum Gasteiger partial charge on any atom is 0.255 e. The van der Waals surface area contributed by atoms with Crippen molar-refractivity contribution >= 4 is 21.6 Å². The van der Waals surface area contributed by atoms with Crippen molar-refractivity contribution in [3.05, 3.63) is 102 Å². The molecule has 8 heteroatoms. The predicted molar refractivity (Wildman–Crippen MR) is 142 cm³/mol. The minimum absolute atomic E-state index is 0.189. The molecule has 3 aromatic carbocycles. The summed E-state index contributed by atoms with van der Waals surface area (Å²) in [5.41, 5.74) is 3.29. The van der Waals surface area contributed by atoms with Crippen LogP contribution < -0.4 is 10.1 Å². The van der Waals surface area contributed by atoms with E-state index >= 15 is 0 Å². The van der Waals surface area contributed by atoms with Crippen LogP contribution in [0.15, 0.2) is 90.3 Å². The molecule has 1 amide bonds. The summed E-state index contributed by atoms with van der Waals surface area (Å²) in [5.74, 6) is 0.521. The van der Waals surface area contributed by atoms with Crippen molar-refractivity contribution < 1.29 is 17.9 Å². The minimum atomic E-state index is -3.49. The summed E-state index contributed by atoms with van der Waals surface area (Å²) in [7, 11) is -3.49. The van der Waals surface area contributed by atoms with Gasteiger partial charge in [0.1, 0.15) is 12.4 Å². The summed E-state index contributed by atoms with van der Waals surface area (Å²) in [5, 5.41) is 2.91. The van der Waals surface area contributed by atoms with Gasteiger partial charge in [-0.25, -0.2) is 8.42 Å². The summed E-state index contributed by atoms with van der Waals surface area (Å²) >= 11 is 0. The molecule has 0 radical (unpaired) electrons. The average molecular weight is 506 g/mol. The van der Waals surface area contributed by atoms with E-state index in [1.165, 1.54) is 0 Å². The number of rotatable bonds is 9. The number of nitrogens with zero attached hydrogens (tertiary/aromatic N) is 2. The molecule has 0 spiro atoms. The highest BCUT2D eigenvalue weighted by molar-refractivity contribution is 7.89. The molecule has 0 bridgehead atoms. The number of ether oxygens (including phenoxy) is 1. The van der Waals surface area contributed by atoms with E-state index in [0.29, 0.717) is 61.2 Å². The predicted octanol–water partition coefficient (Wildman–Crippen LogP) is 4.32. The van der Waals surface area contributed by atoms with Crippen LogP contribution in [0.25, 0.3) is 0 Å². The molecule has 0 aromatic heterocycles. The second-order valence-electron chi connectivity index (χ2n) is 8.77. The fourth-order valence-electron chi connectivity index (χ4n) is 4.05. The van der Waals surface area contributed by atoms with E-state index in [-0.39, 0.29) is 5.91 Å². The largest absolute Gasteiger partial charge is 0.490 e. The molecule has 0 unspecified atom stereocenters. The first-order chi connectivity index (χ1) is 17.3. The third kappa shape index (κ3) is 6.40. The molecule has 1 heterocycles. The highest BCUT2D eigenvalue weighted by atomic mass is 32.2. The lowest BCUT2D eigenvalue weighted by atomic mass is 10.1. The van der Waals surface area contributed by atoms with Gasteiger partial charge in [0.15, 0.2) is 0 Å². The maximum absolute atomic E-state index is 13.0. The molecule has 0 saturated carbocycles. The molecule has 1 aliphatic heterocycles. The summed E-state index contributed by atoms with van der Waals surface area (Å²) in [6.45, 7) is 8.76. The van der Waals surface area contributed by atoms with Crippen LogP contribution >= 0.6 is 0 Å². The Morgan fingerprint density at radius 2 is 1.69 bits per heavy atom. The van der Waals surface area contributed by atoms with Gasteiger partial charge in [-0.2, -0.15) is 4.31 Å². The molecular weight excluding hydrogens is 474 g/mol. The maximum atomic E-state index is 13.0. The topological polar surface area (TPSA) is 79.0 Å². The number of carbonyl (C=O) groups is 1. The highest BCUT2D eigenvalue weighted by Crippen LogP contribution is 2.20. The first-order valence-electron chi connectivity index (χ1n) is 11.9. The second kappa shape index (κ2) is 11.5. The summed E-state index contributed by atoms with van der Waals surface area (Å²) < 4.78 is 32.9. The fraction of sp³-hybridized carbons (Fsp3) is 0.250. The van der Waals surface area contributed by atoms with Gasteiger partial charge in [-0.3, -0.25) is 9.69 Å². The molecular formula is C28H31N3O4S. The highest BCUT2D eigenvalue weighted by Gasteiger charge is 2.28. The Morgan fingerprint density at radius 3 is 2.36 bits per heavy atom. The zero-order chi connectivity index (χ0) is 25.5. The van der Waals surface area contributed by atoms with Crippen molar-refractivity contribution in [2.45, 2.75) is 18.4 Å². The van der Waals surface area contributed by atoms with Gasteiger partial charge in [0, 0.05) is 44.0 Å². The molecule has 7 nitrogen and oxygen atoms in total. The second-order valence-corrected chi connectivity index (χ2v) is 10.7. The van der Waals surface area contributed by atoms with Crippen LogP contribution in [-0.4, -0.2) is 56.3 Å². The number of piperazine rings is 1. The van der Waals surface area contributed by atoms with Crippen LogP contribution in [0.1, 0.15) is 21.5 Å². The lowest BCUT2D eigenvalue weighted by Gasteiger charge is -2.34. The van der Waals surface area contributed by atoms with Gasteiger partial charge in [-0.1, -0.05) is 42.5 Å². The SMILES string of the molecule is C=CCOc1ccc(NC(=O)c2cccc(CN3CCN(S(=O)(=O)c4ccc(C)cc4)CC3)c2)cc1. The number of aryl methyl sites for hydroxylation is 1. The lowest BCUT2D eigenvalue weighted by molar-refractivity contribution is 0.102. The van der Waals surface area contributed by atoms with Crippen molar-refractivity contribution in [1.82, 2.24) is 9.21 Å². The summed E-state index contributed by atoms with van der Waals surface area (Å²) in [4.78, 5) is 15.3. The molecule has 188 valence electrons. The smallest absolute Gasteiger partial charge is 0.255 e. The van der Waals surface area contributed by atoms with Crippen molar-refractivity contribution in [2.75, 3.05) is 38.1 Å². The third-order valence-corrected chi connectivity index (χ3v) is 7.98. The summed E-state index contributed by atoms with van der Waals surface area (Å²) in [6.07, 6.45) is 1.68. The Labute approximate surface area is 213 Å². The van der Waals surface area contributed by atoms with Crippen LogP contribution in [0, 0.1) is 6.92 Å². The zero-order valence-corrected chi connectivity index (χ0v) is 21.2. The number of carbonyl (C=O) groups excluding carboxylic acids is 1. The number of sulfonamides is 1. The van der Waals surface area contributed by atoms with E-state index in [2.05, 4.69) is 16.8 Å². The van der Waals surface area contributed by atoms with Crippen molar-refractivity contribution in [3.63, 3.8) is 0 Å². The van der Waals surface area contributed by atoms with Gasteiger partial charge in [-0.05, 0) is 61.0 Å². The Morgan fingerprint density at radius 1 is 1.00 bits per heavy atom. The number of nitrogens with one attached hydrogen (secondary N) is 1. The van der Waals surface area contributed by atoms with Gasteiger partial charge in [-0.15, -0.1) is 0 Å². The van der Waals surface area contributed by atoms with Crippen LogP contribution in [0.4, 0.5) is 5.69 Å². The molecule has 4 rings (SSSR count). The van der Waals surface area contributed by atoms with E-state index < -0.39 is 10.0 Å². The molecule has 0 atom stereocenters. The molecule has 36 heavy (non-hydrogen) atoms. The molecule has 1 saturated heterocycles. The Kier molecular flexibility index (Phi) is 8.20. The number of benzene rings is 3. The number of anilines is 1. The lowest BCUT2D eigenvalue weighted by Crippen LogP contribution is -2.48. The van der Waals surface area contributed by atoms with Crippen molar-refractivity contribution in [3.8, 4) is 5.75 Å². The Balaban J connectivity index is 1.32. The van der Waals surface area contributed by atoms with E-state index in [4.69, 9.17) is 4.74 Å². The van der Waals surface area contributed by atoms with Gasteiger partial charge in [0.2, 0.25) is 10.0 Å². The molecule has 1 aliphatic rings. The van der Waals surface area contributed by atoms with E-state index in [0.717, 1.165) is 11.1 Å². The van der Waals surface area contributed by atoms with Gasteiger partial charge in [0.05, 0.1) is 4.90 Å². The van der Waals surface area contributed by atoms with Crippen molar-refractivity contribution in [2.24, 2.45) is 0 Å². The molecule has 3 aromatic rings. The number of hydrogen-bond acceptors (Lipinski definition) is 5. The van der Waals surface area contributed by atoms with Gasteiger partial charge in [0.25, 0.3) is 5.91 Å². The van der Waals surface area contributed by atoms with Crippen molar-refractivity contribution in [1.29, 1.82) is 0 Å². The van der Waals surface area contributed by atoms with Crippen LogP contribution in [0.3, 0.4) is 0 Å². The van der Waals surface area contributed by atoms with Gasteiger partial charge < -0.3 is 10.1 Å². The average Bonchev–Trinajstić information content (AvgIpc) is 2.89. The molecule has 1 fully saturated rings. The summed E-state index contributed by atoms with van der Waals surface area (Å²) in [6, 6.07) is 21.7. The number of amides is 1. The third-order valence-electron chi connectivity index (χ3n) is 6.07. The standard InChI is InChI=1S/C28H31N3O4S/c1-3-19-35-26-11-9-25(10-12-26)29-28(32)24-6-4-5-23(20-24)21-30-15-17-31(18-16-30)36(33,34)27-13-7-22(2)8-14-27/h3-14,20H,1,15-19,21H2,2H3,(H,29,32). The molecule has 0 aliphatic carbocycles. The molecule has 1 N–H and O–H groups in total. The quantitative estimate of drug-likeness (QED) is 0.438. The minimum Gasteiger partial charge on any atom is -0.490 e. The Hall–Kier alpha value is -3.46. The van der Waals surface area contributed by atoms with E-state index in [1.807, 2.05) is 37.3 Å². The fourth-order valence-corrected chi connectivity index (χ4v) is 5.47. The van der Waals surface area contributed by atoms with Crippen LogP contribution in [0.5, 0.6) is 5.75 Å². The van der Waals surface area contributed by atoms with E-state index in [9.17, 15) is 13.2 Å². The van der Waals surface area contributed by atoms with Gasteiger partial charge >= 0.3 is 0 Å². The Bertz CT molecular complexity index is 1300. The first-order valence-corrected chi connectivity index (χ1v) is 13.3. The zero-order valence-electron chi connectivity index (χ0n) is 20.4. The first kappa shape index (κ1) is 25.6.